The molecule has 1 N–H and O–H groups in total. The van der Waals surface area contributed by atoms with E-state index < -0.39 is 0 Å². The first-order chi connectivity index (χ1) is 9.62. The molecule has 1 atom stereocenters. The van der Waals surface area contributed by atoms with Gasteiger partial charge in [-0.05, 0) is 48.6 Å². The van der Waals surface area contributed by atoms with E-state index in [1.807, 2.05) is 25.1 Å². The van der Waals surface area contributed by atoms with E-state index in [0.717, 1.165) is 23.4 Å². The summed E-state index contributed by atoms with van der Waals surface area (Å²) >= 11 is 0. The Morgan fingerprint density at radius 1 is 1.20 bits per heavy atom. The second-order valence-electron chi connectivity index (χ2n) is 5.09. The summed E-state index contributed by atoms with van der Waals surface area (Å²) in [6, 6.07) is 11.7. The predicted octanol–water partition coefficient (Wildman–Crippen LogP) is 4.19. The highest BCUT2D eigenvalue weighted by molar-refractivity contribution is 5.33. The molecule has 1 aromatic carbocycles. The van der Waals surface area contributed by atoms with Crippen molar-refractivity contribution in [3.63, 3.8) is 0 Å². The fourth-order valence-corrected chi connectivity index (χ4v) is 2.07. The van der Waals surface area contributed by atoms with Gasteiger partial charge in [-0.2, -0.15) is 0 Å². The second-order valence-corrected chi connectivity index (χ2v) is 5.09. The number of aliphatic hydroxyl groups is 1. The summed E-state index contributed by atoms with van der Waals surface area (Å²) in [7, 11) is 0. The van der Waals surface area contributed by atoms with Crippen molar-refractivity contribution in [3.8, 4) is 11.6 Å². The highest BCUT2D eigenvalue weighted by Crippen LogP contribution is 2.25. The van der Waals surface area contributed by atoms with E-state index in [4.69, 9.17) is 4.74 Å². The molecule has 1 unspecified atom stereocenters. The fraction of sp³-hybridized carbons (Fsp3) is 0.353. The van der Waals surface area contributed by atoms with Gasteiger partial charge in [-0.1, -0.05) is 26.0 Å². The number of rotatable bonds is 5. The van der Waals surface area contributed by atoms with Gasteiger partial charge < -0.3 is 9.84 Å². The van der Waals surface area contributed by atoms with E-state index in [1.165, 1.54) is 5.56 Å². The van der Waals surface area contributed by atoms with Crippen LogP contribution in [-0.4, -0.2) is 10.1 Å². The van der Waals surface area contributed by atoms with Gasteiger partial charge in [0.15, 0.2) is 0 Å². The fourth-order valence-electron chi connectivity index (χ4n) is 2.07. The second kappa shape index (κ2) is 6.53. The largest absolute Gasteiger partial charge is 0.439 e. The first-order valence-corrected chi connectivity index (χ1v) is 6.98. The van der Waals surface area contributed by atoms with E-state index in [2.05, 4.69) is 31.0 Å². The number of benzene rings is 1. The molecule has 1 aromatic heterocycles. The van der Waals surface area contributed by atoms with Crippen molar-refractivity contribution in [2.24, 2.45) is 0 Å². The molecule has 20 heavy (non-hydrogen) atoms. The topological polar surface area (TPSA) is 42.4 Å². The monoisotopic (exact) mass is 271 g/mol. The Morgan fingerprint density at radius 3 is 2.50 bits per heavy atom. The lowest BCUT2D eigenvalue weighted by atomic mass is 9.99. The highest BCUT2D eigenvalue weighted by Gasteiger charge is 2.05. The van der Waals surface area contributed by atoms with Crippen LogP contribution >= 0.6 is 0 Å². The van der Waals surface area contributed by atoms with Crippen molar-refractivity contribution >= 4 is 0 Å². The maximum atomic E-state index is 9.19. The van der Waals surface area contributed by atoms with Crippen molar-refractivity contribution in [2.45, 2.75) is 39.7 Å². The number of ether oxygens (including phenoxy) is 1. The molecule has 0 aliphatic carbocycles. The SMILES string of the molecule is CCC(C)c1ccc(Oc2cc(CO)cc(C)n2)cc1. The molecule has 0 saturated heterocycles. The number of pyridine rings is 1. The third-order valence-corrected chi connectivity index (χ3v) is 3.46. The van der Waals surface area contributed by atoms with Gasteiger partial charge in [0, 0.05) is 11.8 Å². The zero-order valence-corrected chi connectivity index (χ0v) is 12.3. The summed E-state index contributed by atoms with van der Waals surface area (Å²) < 4.78 is 5.75. The van der Waals surface area contributed by atoms with Gasteiger partial charge in [0.05, 0.1) is 6.61 Å². The van der Waals surface area contributed by atoms with Gasteiger partial charge in [-0.3, -0.25) is 0 Å². The summed E-state index contributed by atoms with van der Waals surface area (Å²) in [5, 5.41) is 9.19. The van der Waals surface area contributed by atoms with E-state index in [0.29, 0.717) is 11.8 Å². The van der Waals surface area contributed by atoms with Gasteiger partial charge in [0.1, 0.15) is 5.75 Å². The Labute approximate surface area is 120 Å². The Kier molecular flexibility index (Phi) is 4.74. The molecule has 2 aromatic rings. The molecule has 0 aliphatic rings. The van der Waals surface area contributed by atoms with Crippen molar-refractivity contribution in [2.75, 3.05) is 0 Å². The maximum absolute atomic E-state index is 9.19. The highest BCUT2D eigenvalue weighted by atomic mass is 16.5. The molecule has 0 fully saturated rings. The Balaban J connectivity index is 2.15. The number of nitrogens with zero attached hydrogens (tertiary/aromatic N) is 1. The average Bonchev–Trinajstić information content (AvgIpc) is 2.46. The minimum atomic E-state index is -0.00727. The van der Waals surface area contributed by atoms with Crippen LogP contribution < -0.4 is 4.74 Å². The van der Waals surface area contributed by atoms with Crippen LogP contribution in [0.2, 0.25) is 0 Å². The zero-order chi connectivity index (χ0) is 14.5. The summed E-state index contributed by atoms with van der Waals surface area (Å²) in [5.41, 5.74) is 2.96. The number of aromatic nitrogens is 1. The molecule has 0 aliphatic heterocycles. The maximum Gasteiger partial charge on any atom is 0.219 e. The lowest BCUT2D eigenvalue weighted by Crippen LogP contribution is -1.95. The van der Waals surface area contributed by atoms with Crippen molar-refractivity contribution < 1.29 is 9.84 Å². The molecule has 0 saturated carbocycles. The van der Waals surface area contributed by atoms with Gasteiger partial charge in [0.2, 0.25) is 5.88 Å². The van der Waals surface area contributed by atoms with Gasteiger partial charge >= 0.3 is 0 Å². The normalized spacial score (nSPS) is 12.2. The Morgan fingerprint density at radius 2 is 1.90 bits per heavy atom. The molecule has 2 rings (SSSR count). The molecule has 1 heterocycles. The van der Waals surface area contributed by atoms with E-state index in [9.17, 15) is 5.11 Å². The molecular formula is C17H21NO2. The lowest BCUT2D eigenvalue weighted by molar-refractivity contribution is 0.281. The zero-order valence-electron chi connectivity index (χ0n) is 12.3. The molecule has 106 valence electrons. The number of hydrogen-bond acceptors (Lipinski definition) is 3. The van der Waals surface area contributed by atoms with Crippen LogP contribution in [0.15, 0.2) is 36.4 Å². The van der Waals surface area contributed by atoms with E-state index in [1.54, 1.807) is 6.07 Å². The molecule has 0 radical (unpaired) electrons. The number of hydrogen-bond donors (Lipinski definition) is 1. The average molecular weight is 271 g/mol. The van der Waals surface area contributed by atoms with Crippen LogP contribution in [0.4, 0.5) is 0 Å². The predicted molar refractivity (Wildman–Crippen MR) is 80.1 cm³/mol. The smallest absolute Gasteiger partial charge is 0.219 e. The number of aryl methyl sites for hydroxylation is 1. The van der Waals surface area contributed by atoms with Gasteiger partial charge in [0.25, 0.3) is 0 Å². The third-order valence-electron chi connectivity index (χ3n) is 3.46. The molecule has 0 amide bonds. The first-order valence-electron chi connectivity index (χ1n) is 6.98. The molecule has 0 bridgehead atoms. The van der Waals surface area contributed by atoms with Gasteiger partial charge in [-0.15, -0.1) is 0 Å². The van der Waals surface area contributed by atoms with E-state index in [-0.39, 0.29) is 6.61 Å². The van der Waals surface area contributed by atoms with Crippen LogP contribution in [0.3, 0.4) is 0 Å². The summed E-state index contributed by atoms with van der Waals surface area (Å²) in [4.78, 5) is 4.32. The summed E-state index contributed by atoms with van der Waals surface area (Å²) in [5.74, 6) is 1.84. The minimum absolute atomic E-state index is 0.00727. The Hall–Kier alpha value is -1.87. The summed E-state index contributed by atoms with van der Waals surface area (Å²) in [6.45, 7) is 6.28. The van der Waals surface area contributed by atoms with Crippen LogP contribution in [-0.2, 0) is 6.61 Å². The lowest BCUT2D eigenvalue weighted by Gasteiger charge is -2.11. The quantitative estimate of drug-likeness (QED) is 0.886. The summed E-state index contributed by atoms with van der Waals surface area (Å²) in [6.07, 6.45) is 1.12. The molecule has 0 spiro atoms. The van der Waals surface area contributed by atoms with Crippen molar-refractivity contribution in [1.82, 2.24) is 4.98 Å². The van der Waals surface area contributed by atoms with Crippen molar-refractivity contribution in [3.05, 3.63) is 53.2 Å². The standard InChI is InChI=1S/C17H21NO2/c1-4-12(2)15-5-7-16(8-6-15)20-17-10-14(11-19)9-13(3)18-17/h5-10,12,19H,4,11H2,1-3H3. The molecule has 3 heteroatoms. The van der Waals surface area contributed by atoms with Crippen LogP contribution in [0.5, 0.6) is 11.6 Å². The van der Waals surface area contributed by atoms with Crippen LogP contribution in [0.1, 0.15) is 43.0 Å². The minimum Gasteiger partial charge on any atom is -0.439 e. The van der Waals surface area contributed by atoms with Crippen LogP contribution in [0.25, 0.3) is 0 Å². The van der Waals surface area contributed by atoms with Gasteiger partial charge in [-0.25, -0.2) is 4.98 Å². The van der Waals surface area contributed by atoms with Crippen molar-refractivity contribution in [1.29, 1.82) is 0 Å². The third kappa shape index (κ3) is 3.58. The number of aliphatic hydroxyl groups excluding tert-OH is 1. The first kappa shape index (κ1) is 14.5. The van der Waals surface area contributed by atoms with E-state index >= 15 is 0 Å². The molecule has 3 nitrogen and oxygen atoms in total. The van der Waals surface area contributed by atoms with Crippen LogP contribution in [0, 0.1) is 6.92 Å². The molecular weight excluding hydrogens is 250 g/mol. The Bertz CT molecular complexity index is 564.